The number of carbonyl (C=O) groups excluding carboxylic acids is 2. The number of nitrogens with zero attached hydrogens (tertiary/aromatic N) is 2. The van der Waals surface area contributed by atoms with Crippen LogP contribution in [-0.2, 0) is 17.8 Å². The molecule has 1 heterocycles. The summed E-state index contributed by atoms with van der Waals surface area (Å²) in [5.74, 6) is 0.0477. The van der Waals surface area contributed by atoms with E-state index >= 15 is 0 Å². The first-order valence-electron chi connectivity index (χ1n) is 10.8. The van der Waals surface area contributed by atoms with Gasteiger partial charge in [-0.25, -0.2) is 9.97 Å². The molecule has 3 aromatic rings. The lowest BCUT2D eigenvalue weighted by Gasteiger charge is -2.19. The van der Waals surface area contributed by atoms with E-state index in [1.807, 2.05) is 61.5 Å². The molecule has 0 saturated heterocycles. The lowest BCUT2D eigenvalue weighted by atomic mass is 10.0. The van der Waals surface area contributed by atoms with Crippen LogP contribution < -0.4 is 10.6 Å². The highest BCUT2D eigenvalue weighted by Gasteiger charge is 2.24. The van der Waals surface area contributed by atoms with Crippen molar-refractivity contribution in [2.45, 2.75) is 44.4 Å². The Labute approximate surface area is 203 Å². The predicted molar refractivity (Wildman–Crippen MR) is 132 cm³/mol. The molecule has 0 radical (unpaired) electrons. The van der Waals surface area contributed by atoms with Crippen LogP contribution >= 0.6 is 23.4 Å². The Kier molecular flexibility index (Phi) is 9.27. The van der Waals surface area contributed by atoms with Gasteiger partial charge in [-0.3, -0.25) is 9.59 Å². The maximum atomic E-state index is 13.1. The number of amides is 2. The minimum atomic E-state index is -0.789. The van der Waals surface area contributed by atoms with Crippen molar-refractivity contribution in [1.82, 2.24) is 20.6 Å². The van der Waals surface area contributed by atoms with Gasteiger partial charge in [-0.1, -0.05) is 90.4 Å². The quantitative estimate of drug-likeness (QED) is 0.326. The molecular formula is C25H27ClN4O2S. The van der Waals surface area contributed by atoms with Gasteiger partial charge in [0.1, 0.15) is 6.04 Å². The molecule has 33 heavy (non-hydrogen) atoms. The monoisotopic (exact) mass is 482 g/mol. The Balaban J connectivity index is 1.75. The summed E-state index contributed by atoms with van der Waals surface area (Å²) in [6.07, 6.45) is 2.72. The Bertz CT molecular complexity index is 1080. The van der Waals surface area contributed by atoms with E-state index in [4.69, 9.17) is 11.6 Å². The summed E-state index contributed by atoms with van der Waals surface area (Å²) in [4.78, 5) is 34.6. The van der Waals surface area contributed by atoms with Gasteiger partial charge in [0.2, 0.25) is 5.91 Å². The molecule has 0 aliphatic rings. The van der Waals surface area contributed by atoms with Gasteiger partial charge in [-0.2, -0.15) is 0 Å². The fourth-order valence-corrected chi connectivity index (χ4v) is 3.92. The van der Waals surface area contributed by atoms with Crippen LogP contribution in [0.4, 0.5) is 0 Å². The average Bonchev–Trinajstić information content (AvgIpc) is 2.83. The number of rotatable bonds is 10. The van der Waals surface area contributed by atoms with E-state index in [9.17, 15) is 9.59 Å². The van der Waals surface area contributed by atoms with Crippen molar-refractivity contribution in [1.29, 1.82) is 0 Å². The first-order chi connectivity index (χ1) is 16.0. The maximum Gasteiger partial charge on any atom is 0.272 e. The number of hydrogen-bond donors (Lipinski definition) is 2. The third-order valence-electron chi connectivity index (χ3n) is 4.86. The van der Waals surface area contributed by atoms with Crippen LogP contribution in [0.5, 0.6) is 0 Å². The number of aromatic nitrogens is 2. The normalized spacial score (nSPS) is 11.6. The Morgan fingerprint density at radius 1 is 1.06 bits per heavy atom. The zero-order valence-electron chi connectivity index (χ0n) is 18.7. The van der Waals surface area contributed by atoms with Crippen LogP contribution in [0.2, 0.25) is 5.02 Å². The lowest BCUT2D eigenvalue weighted by molar-refractivity contribution is -0.123. The Morgan fingerprint density at radius 3 is 2.48 bits per heavy atom. The number of nitrogens with one attached hydrogen (secondary N) is 2. The zero-order valence-corrected chi connectivity index (χ0v) is 20.2. The summed E-state index contributed by atoms with van der Waals surface area (Å²) in [6, 6.07) is 16.7. The minimum Gasteiger partial charge on any atom is -0.350 e. The van der Waals surface area contributed by atoms with Crippen molar-refractivity contribution in [2.24, 2.45) is 0 Å². The van der Waals surface area contributed by atoms with Gasteiger partial charge < -0.3 is 10.6 Å². The second kappa shape index (κ2) is 12.4. The first-order valence-corrected chi connectivity index (χ1v) is 12.2. The van der Waals surface area contributed by atoms with Crippen molar-refractivity contribution in [2.75, 3.05) is 5.75 Å². The van der Waals surface area contributed by atoms with E-state index in [0.29, 0.717) is 18.1 Å². The molecule has 1 atom stereocenters. The van der Waals surface area contributed by atoms with Crippen molar-refractivity contribution in [3.63, 3.8) is 0 Å². The van der Waals surface area contributed by atoms with Crippen molar-refractivity contribution in [3.8, 4) is 0 Å². The average molecular weight is 483 g/mol. The summed E-state index contributed by atoms with van der Waals surface area (Å²) in [6.45, 7) is 4.44. The number of halogens is 1. The molecule has 2 aromatic carbocycles. The maximum absolute atomic E-state index is 13.1. The second-order valence-electron chi connectivity index (χ2n) is 7.62. The molecule has 1 aromatic heterocycles. The van der Waals surface area contributed by atoms with Gasteiger partial charge in [0.15, 0.2) is 10.9 Å². The lowest BCUT2D eigenvalue weighted by Crippen LogP contribution is -2.48. The first kappa shape index (κ1) is 24.7. The summed E-state index contributed by atoms with van der Waals surface area (Å²) in [5, 5.41) is 6.37. The minimum absolute atomic E-state index is 0.0645. The molecule has 6 nitrogen and oxygen atoms in total. The van der Waals surface area contributed by atoms with E-state index in [-0.39, 0.29) is 16.6 Å². The molecule has 2 N–H and O–H groups in total. The smallest absolute Gasteiger partial charge is 0.272 e. The third-order valence-corrected chi connectivity index (χ3v) is 6.21. The Hall–Kier alpha value is -2.90. The largest absolute Gasteiger partial charge is 0.350 e. The van der Waals surface area contributed by atoms with E-state index in [1.54, 1.807) is 0 Å². The molecule has 0 spiro atoms. The fourth-order valence-electron chi connectivity index (χ4n) is 3.08. The molecule has 0 aliphatic heterocycles. The van der Waals surface area contributed by atoms with Gasteiger partial charge >= 0.3 is 0 Å². The molecular weight excluding hydrogens is 456 g/mol. The van der Waals surface area contributed by atoms with Crippen molar-refractivity contribution in [3.05, 3.63) is 88.2 Å². The standard InChI is InChI=1S/C25H27ClN4O2S/c1-3-13-33-25-28-16-20(26)22(30-25)24(32)29-21(14-18-7-5-4-6-8-18)23(31)27-15-19-11-9-17(2)10-12-19/h4-12,16,21H,3,13-15H2,1-2H3,(H,27,31)(H,29,32)/t21-/m0/s1. The highest BCUT2D eigenvalue weighted by molar-refractivity contribution is 7.99. The highest BCUT2D eigenvalue weighted by Crippen LogP contribution is 2.19. The summed E-state index contributed by atoms with van der Waals surface area (Å²) in [5.41, 5.74) is 3.13. The van der Waals surface area contributed by atoms with Gasteiger partial charge in [0.05, 0.1) is 11.2 Å². The SMILES string of the molecule is CCCSc1ncc(Cl)c(C(=O)N[C@@H](Cc2ccccc2)C(=O)NCc2ccc(C)cc2)n1. The van der Waals surface area contributed by atoms with Crippen LogP contribution in [0, 0.1) is 6.92 Å². The van der Waals surface area contributed by atoms with Crippen LogP contribution in [0.3, 0.4) is 0 Å². The van der Waals surface area contributed by atoms with Gasteiger partial charge in [0.25, 0.3) is 5.91 Å². The van der Waals surface area contributed by atoms with E-state index in [0.717, 1.165) is 28.9 Å². The van der Waals surface area contributed by atoms with E-state index in [1.165, 1.54) is 18.0 Å². The fraction of sp³-hybridized carbons (Fsp3) is 0.280. The Morgan fingerprint density at radius 2 is 1.79 bits per heavy atom. The molecule has 0 saturated carbocycles. The highest BCUT2D eigenvalue weighted by atomic mass is 35.5. The topological polar surface area (TPSA) is 84.0 Å². The second-order valence-corrected chi connectivity index (χ2v) is 9.09. The number of carbonyl (C=O) groups is 2. The number of aryl methyl sites for hydroxylation is 1. The molecule has 2 amide bonds. The summed E-state index contributed by atoms with van der Waals surface area (Å²) in [7, 11) is 0. The number of benzene rings is 2. The van der Waals surface area contributed by atoms with Gasteiger partial charge in [-0.05, 0) is 24.5 Å². The van der Waals surface area contributed by atoms with Crippen LogP contribution in [-0.4, -0.2) is 33.6 Å². The summed E-state index contributed by atoms with van der Waals surface area (Å²) >= 11 is 7.66. The van der Waals surface area contributed by atoms with E-state index in [2.05, 4.69) is 27.5 Å². The van der Waals surface area contributed by atoms with Gasteiger partial charge in [0, 0.05) is 18.7 Å². The molecule has 0 bridgehead atoms. The zero-order chi connectivity index (χ0) is 23.6. The number of hydrogen-bond acceptors (Lipinski definition) is 5. The molecule has 8 heteroatoms. The van der Waals surface area contributed by atoms with Crippen molar-refractivity contribution >= 4 is 35.2 Å². The molecule has 3 rings (SSSR count). The molecule has 172 valence electrons. The molecule has 0 fully saturated rings. The molecule has 0 unspecified atom stereocenters. The van der Waals surface area contributed by atoms with E-state index < -0.39 is 11.9 Å². The third kappa shape index (κ3) is 7.58. The van der Waals surface area contributed by atoms with Crippen LogP contribution in [0.25, 0.3) is 0 Å². The van der Waals surface area contributed by atoms with Crippen molar-refractivity contribution < 1.29 is 9.59 Å². The number of thioether (sulfide) groups is 1. The van der Waals surface area contributed by atoms with Crippen LogP contribution in [0.15, 0.2) is 66.0 Å². The molecule has 0 aliphatic carbocycles. The summed E-state index contributed by atoms with van der Waals surface area (Å²) < 4.78 is 0. The van der Waals surface area contributed by atoms with Gasteiger partial charge in [-0.15, -0.1) is 0 Å². The predicted octanol–water partition coefficient (Wildman–Crippen LogP) is 4.60. The van der Waals surface area contributed by atoms with Crippen LogP contribution in [0.1, 0.15) is 40.5 Å².